The summed E-state index contributed by atoms with van der Waals surface area (Å²) >= 11 is 6.30. The summed E-state index contributed by atoms with van der Waals surface area (Å²) < 4.78 is 8.69. The van der Waals surface area contributed by atoms with Crippen molar-refractivity contribution in [2.24, 2.45) is 5.92 Å². The van der Waals surface area contributed by atoms with Gasteiger partial charge in [-0.2, -0.15) is 10.2 Å². The minimum Gasteiger partial charge on any atom is -0.461 e. The number of nitrogens with zero attached hydrogens (tertiary/aromatic N) is 4. The second kappa shape index (κ2) is 7.50. The molecule has 0 aliphatic carbocycles. The smallest absolute Gasteiger partial charge is 0.358 e. The van der Waals surface area contributed by atoms with E-state index in [1.54, 1.807) is 17.7 Å². The number of carbonyl (C=O) groups excluding carboxylic acids is 1. The van der Waals surface area contributed by atoms with Crippen molar-refractivity contribution in [3.05, 3.63) is 52.1 Å². The molecule has 0 amide bonds. The Morgan fingerprint density at radius 1 is 1.23 bits per heavy atom. The zero-order valence-electron chi connectivity index (χ0n) is 15.5. The molecule has 0 atom stereocenters. The molecule has 0 saturated carbocycles. The van der Waals surface area contributed by atoms with Crippen molar-refractivity contribution < 1.29 is 9.53 Å². The van der Waals surface area contributed by atoms with E-state index in [1.165, 1.54) is 0 Å². The lowest BCUT2D eigenvalue weighted by Crippen LogP contribution is -2.11. The van der Waals surface area contributed by atoms with Gasteiger partial charge in [0.1, 0.15) is 0 Å². The maximum atomic E-state index is 11.9. The van der Waals surface area contributed by atoms with Crippen molar-refractivity contribution in [1.29, 1.82) is 0 Å². The number of halogens is 1. The zero-order valence-corrected chi connectivity index (χ0v) is 16.2. The van der Waals surface area contributed by atoms with Crippen LogP contribution in [0.25, 0.3) is 5.52 Å². The molecule has 0 radical (unpaired) electrons. The first-order valence-electron chi connectivity index (χ1n) is 8.76. The van der Waals surface area contributed by atoms with Gasteiger partial charge in [-0.05, 0) is 50.5 Å². The van der Waals surface area contributed by atoms with E-state index in [9.17, 15) is 4.79 Å². The zero-order chi connectivity index (χ0) is 18.8. The topological polar surface area (TPSA) is 61.4 Å². The van der Waals surface area contributed by atoms with Crippen LogP contribution in [0.3, 0.4) is 0 Å². The van der Waals surface area contributed by atoms with E-state index in [4.69, 9.17) is 21.4 Å². The van der Waals surface area contributed by atoms with Crippen LogP contribution in [-0.4, -0.2) is 32.0 Å². The maximum absolute atomic E-state index is 11.9. The van der Waals surface area contributed by atoms with Gasteiger partial charge in [0.15, 0.2) is 5.69 Å². The predicted octanol–water partition coefficient (Wildman–Crippen LogP) is 3.92. The molecule has 0 N–H and O–H groups in total. The highest BCUT2D eigenvalue weighted by Crippen LogP contribution is 2.20. The Balaban J connectivity index is 1.95. The van der Waals surface area contributed by atoms with Crippen LogP contribution in [0.5, 0.6) is 0 Å². The number of carbonyl (C=O) groups is 1. The van der Waals surface area contributed by atoms with Crippen molar-refractivity contribution in [2.45, 2.75) is 40.7 Å². The summed E-state index contributed by atoms with van der Waals surface area (Å²) in [5, 5.41) is 9.74. The number of ether oxygens (including phenoxy) is 1. The molecule has 0 aliphatic rings. The van der Waals surface area contributed by atoms with Crippen molar-refractivity contribution in [1.82, 2.24) is 19.4 Å². The molecule has 7 heteroatoms. The van der Waals surface area contributed by atoms with Gasteiger partial charge in [-0.25, -0.2) is 9.31 Å². The lowest BCUT2D eigenvalue weighted by molar-refractivity contribution is 0.0518. The van der Waals surface area contributed by atoms with Crippen LogP contribution in [0.4, 0.5) is 0 Å². The van der Waals surface area contributed by atoms with Crippen molar-refractivity contribution in [3.8, 4) is 0 Å². The Morgan fingerprint density at radius 3 is 2.69 bits per heavy atom. The van der Waals surface area contributed by atoms with E-state index < -0.39 is 5.97 Å². The first kappa shape index (κ1) is 18.5. The van der Waals surface area contributed by atoms with Crippen molar-refractivity contribution in [3.63, 3.8) is 0 Å². The lowest BCUT2D eigenvalue weighted by atomic mass is 10.1. The van der Waals surface area contributed by atoms with Gasteiger partial charge in [0.05, 0.1) is 30.1 Å². The van der Waals surface area contributed by atoms with E-state index in [0.29, 0.717) is 29.8 Å². The van der Waals surface area contributed by atoms with Crippen LogP contribution < -0.4 is 0 Å². The summed E-state index contributed by atoms with van der Waals surface area (Å²) in [6.07, 6.45) is 0.909. The van der Waals surface area contributed by atoms with Gasteiger partial charge in [-0.3, -0.25) is 4.68 Å². The second-order valence-corrected chi connectivity index (χ2v) is 7.22. The van der Waals surface area contributed by atoms with Gasteiger partial charge in [-0.1, -0.05) is 25.4 Å². The molecule has 0 aromatic carbocycles. The van der Waals surface area contributed by atoms with E-state index in [-0.39, 0.29) is 0 Å². The Morgan fingerprint density at radius 2 is 2.00 bits per heavy atom. The van der Waals surface area contributed by atoms with Crippen LogP contribution in [-0.2, 0) is 17.7 Å². The highest BCUT2D eigenvalue weighted by Gasteiger charge is 2.15. The van der Waals surface area contributed by atoms with E-state index in [2.05, 4.69) is 25.0 Å². The molecular weight excluding hydrogens is 352 g/mol. The fourth-order valence-corrected chi connectivity index (χ4v) is 3.18. The Bertz CT molecular complexity index is 943. The van der Waals surface area contributed by atoms with Gasteiger partial charge in [0.2, 0.25) is 0 Å². The van der Waals surface area contributed by atoms with E-state index >= 15 is 0 Å². The average Bonchev–Trinajstić information content (AvgIpc) is 3.10. The number of esters is 1. The molecule has 3 aromatic heterocycles. The van der Waals surface area contributed by atoms with Gasteiger partial charge in [0, 0.05) is 10.7 Å². The quantitative estimate of drug-likeness (QED) is 0.613. The fraction of sp³-hybridized carbons (Fsp3) is 0.421. The Hall–Kier alpha value is -2.34. The average molecular weight is 375 g/mol. The molecule has 3 heterocycles. The van der Waals surface area contributed by atoms with Gasteiger partial charge in [0.25, 0.3) is 0 Å². The fourth-order valence-electron chi connectivity index (χ4n) is 2.94. The first-order chi connectivity index (χ1) is 12.4. The third-order valence-electron chi connectivity index (χ3n) is 4.04. The van der Waals surface area contributed by atoms with E-state index in [0.717, 1.165) is 29.0 Å². The monoisotopic (exact) mass is 374 g/mol. The molecule has 0 fully saturated rings. The number of rotatable bonds is 6. The van der Waals surface area contributed by atoms with Crippen molar-refractivity contribution >= 4 is 23.1 Å². The SMILES string of the molecule is CCOC(=O)c1cc(C)n(Cc2cc(Cl)cc3cc(CC(C)C)nn23)n1. The molecule has 138 valence electrons. The predicted molar refractivity (Wildman–Crippen MR) is 101 cm³/mol. The van der Waals surface area contributed by atoms with Crippen LogP contribution in [0, 0.1) is 12.8 Å². The van der Waals surface area contributed by atoms with Gasteiger partial charge in [-0.15, -0.1) is 0 Å². The number of aryl methyl sites for hydroxylation is 1. The summed E-state index contributed by atoms with van der Waals surface area (Å²) in [6.45, 7) is 8.81. The Labute approximate surface area is 157 Å². The molecule has 6 nitrogen and oxygen atoms in total. The minimum absolute atomic E-state index is 0.309. The van der Waals surface area contributed by atoms with E-state index in [1.807, 2.05) is 23.6 Å². The van der Waals surface area contributed by atoms with Crippen molar-refractivity contribution in [2.75, 3.05) is 6.61 Å². The summed E-state index contributed by atoms with van der Waals surface area (Å²) in [6, 6.07) is 7.58. The van der Waals surface area contributed by atoms with Crippen LogP contribution in [0.15, 0.2) is 24.3 Å². The third-order valence-corrected chi connectivity index (χ3v) is 4.26. The van der Waals surface area contributed by atoms with Gasteiger partial charge >= 0.3 is 5.97 Å². The summed E-state index contributed by atoms with van der Waals surface area (Å²) in [5.41, 5.74) is 4.08. The number of hydrogen-bond donors (Lipinski definition) is 0. The molecule has 0 bridgehead atoms. The molecule has 0 saturated heterocycles. The number of fused-ring (bicyclic) bond motifs is 1. The minimum atomic E-state index is -0.413. The normalized spacial score (nSPS) is 11.5. The van der Waals surface area contributed by atoms with Crippen LogP contribution >= 0.6 is 11.6 Å². The highest BCUT2D eigenvalue weighted by atomic mass is 35.5. The Kier molecular flexibility index (Phi) is 5.32. The summed E-state index contributed by atoms with van der Waals surface area (Å²) in [7, 11) is 0. The summed E-state index contributed by atoms with van der Waals surface area (Å²) in [5.74, 6) is 0.114. The molecule has 0 aliphatic heterocycles. The van der Waals surface area contributed by atoms with Crippen LogP contribution in [0.2, 0.25) is 5.02 Å². The highest BCUT2D eigenvalue weighted by molar-refractivity contribution is 6.31. The first-order valence-corrected chi connectivity index (χ1v) is 9.13. The van der Waals surface area contributed by atoms with Crippen LogP contribution in [0.1, 0.15) is 48.3 Å². The molecule has 0 spiro atoms. The number of pyridine rings is 1. The third kappa shape index (κ3) is 3.90. The molecule has 26 heavy (non-hydrogen) atoms. The second-order valence-electron chi connectivity index (χ2n) is 6.78. The molecule has 3 aromatic rings. The van der Waals surface area contributed by atoms with Gasteiger partial charge < -0.3 is 4.74 Å². The lowest BCUT2D eigenvalue weighted by Gasteiger charge is -2.08. The molecule has 0 unspecified atom stereocenters. The largest absolute Gasteiger partial charge is 0.461 e. The number of hydrogen-bond acceptors (Lipinski definition) is 4. The maximum Gasteiger partial charge on any atom is 0.358 e. The number of aromatic nitrogens is 4. The standard InChI is InChI=1S/C19H23ClN4O2/c1-5-26-19(25)18-7-13(4)23(22-18)11-17-9-14(20)8-16-10-15(6-12(2)3)21-24(16)17/h7-10,12H,5-6,11H2,1-4H3. The summed E-state index contributed by atoms with van der Waals surface area (Å²) in [4.78, 5) is 11.9. The molecular formula is C19H23ClN4O2. The molecule has 3 rings (SSSR count).